The molecule has 0 fully saturated rings. The van der Waals surface area contributed by atoms with Gasteiger partial charge in [0.25, 0.3) is 0 Å². The van der Waals surface area contributed by atoms with Crippen LogP contribution in [0.2, 0.25) is 5.02 Å². The van der Waals surface area contributed by atoms with E-state index in [0.717, 1.165) is 3.57 Å². The number of aromatic hydroxyl groups is 1. The second-order valence-electron chi connectivity index (χ2n) is 28.7. The highest BCUT2D eigenvalue weighted by molar-refractivity contribution is 14.1. The fourth-order valence-corrected chi connectivity index (χ4v) is 12.3. The number of fused-ring (bicyclic) bond motifs is 5. The van der Waals surface area contributed by atoms with Gasteiger partial charge in [-0.2, -0.15) is 26.3 Å². The first-order valence-electron chi connectivity index (χ1n) is 32.5. The number of rotatable bonds is 9. The SMILES string of the molecule is COc1c(O)c(F)c2nc(C(C)(C)C)nc(N)c2c1C#N.COc1c(OC)c(C#N)c2c(N)nc(C(C)(C)C)nc2c1Br.COc1c(OC)c(C#N)c2c(N)nc(C(C)(C)C)nc2c1Cl.COc1c(OC)c(C#N)c2c(N)nc(C(C)(C)C)nc2c1F.COc1c(OC)c(C#N)c2c(N)nc(C(C)(C)C)nc2c1I. The predicted molar refractivity (Wildman–Crippen MR) is 423 cm³/mol. The number of anilines is 5. The van der Waals surface area contributed by atoms with E-state index in [1.165, 1.54) is 64.0 Å². The monoisotopic (exact) mass is 1690 g/mol. The Morgan fingerprint density at radius 3 is 0.872 bits per heavy atom. The minimum absolute atomic E-state index is 0.0196. The Morgan fingerprint density at radius 2 is 0.569 bits per heavy atom. The third kappa shape index (κ3) is 16.8. The molecular weight excluding hydrogens is 1610 g/mol. The van der Waals surface area contributed by atoms with Crippen molar-refractivity contribution in [2.45, 2.75) is 131 Å². The Kier molecular flexibility index (Phi) is 26.5. The van der Waals surface area contributed by atoms with Gasteiger partial charge in [-0.25, -0.2) is 58.6 Å². The van der Waals surface area contributed by atoms with E-state index in [0.29, 0.717) is 89.3 Å². The number of phenols is 1. The number of ether oxygens (including phenoxy) is 9. The lowest BCUT2D eigenvalue weighted by atomic mass is 9.95. The van der Waals surface area contributed by atoms with Crippen molar-refractivity contribution in [1.82, 2.24) is 49.8 Å². The summed E-state index contributed by atoms with van der Waals surface area (Å²) in [7, 11) is 12.7. The first kappa shape index (κ1) is 86.5. The summed E-state index contributed by atoms with van der Waals surface area (Å²) in [5, 5.41) is 58.7. The van der Waals surface area contributed by atoms with Crippen LogP contribution >= 0.6 is 50.1 Å². The number of aromatic nitrogens is 10. The Morgan fingerprint density at radius 1 is 0.339 bits per heavy atom. The van der Waals surface area contributed by atoms with Crippen molar-refractivity contribution < 1.29 is 56.5 Å². The molecule has 5 aromatic heterocycles. The summed E-state index contributed by atoms with van der Waals surface area (Å²) in [6.07, 6.45) is 0. The van der Waals surface area contributed by atoms with Crippen LogP contribution in [0.3, 0.4) is 0 Å². The summed E-state index contributed by atoms with van der Waals surface area (Å²) in [6, 6.07) is 10.1. The number of nitrogen functional groups attached to an aromatic ring is 5. The number of phenolic OH excluding ortho intramolecular Hbond substituents is 1. The van der Waals surface area contributed by atoms with Crippen LogP contribution in [0.15, 0.2) is 4.47 Å². The summed E-state index contributed by atoms with van der Waals surface area (Å²) in [5.74, 6) is 2.22. The number of nitriles is 5. The van der Waals surface area contributed by atoms with E-state index >= 15 is 0 Å². The second-order valence-corrected chi connectivity index (χ2v) is 30.9. The molecule has 0 radical (unpaired) electrons. The van der Waals surface area contributed by atoms with Crippen molar-refractivity contribution in [2.75, 3.05) is 92.7 Å². The molecule has 5 heterocycles. The summed E-state index contributed by atoms with van der Waals surface area (Å²) in [5.41, 5.74) is 30.3. The van der Waals surface area contributed by atoms with Gasteiger partial charge in [0, 0.05) is 27.1 Å². The van der Waals surface area contributed by atoms with Crippen LogP contribution in [0.4, 0.5) is 37.9 Å². The van der Waals surface area contributed by atoms with Crippen molar-refractivity contribution in [3.8, 4) is 87.8 Å². The van der Waals surface area contributed by atoms with Crippen LogP contribution in [0.5, 0.6) is 57.5 Å². The van der Waals surface area contributed by atoms with Crippen LogP contribution in [0.1, 0.15) is 161 Å². The number of methoxy groups -OCH3 is 9. The fraction of sp³-hybridized carbons (Fsp3) is 0.392. The summed E-state index contributed by atoms with van der Waals surface area (Å²) in [6.45, 7) is 29.1. The van der Waals surface area contributed by atoms with Crippen molar-refractivity contribution in [2.24, 2.45) is 0 Å². The maximum atomic E-state index is 14.7. The molecule has 0 saturated heterocycles. The van der Waals surface area contributed by atoms with Gasteiger partial charge in [0.15, 0.2) is 63.4 Å². The highest BCUT2D eigenvalue weighted by atomic mass is 127. The van der Waals surface area contributed by atoms with E-state index in [2.05, 4.69) is 107 Å². The maximum Gasteiger partial charge on any atom is 0.200 e. The Labute approximate surface area is 655 Å². The Hall–Kier alpha value is -11.4. The van der Waals surface area contributed by atoms with Gasteiger partial charge in [0.1, 0.15) is 138 Å². The molecule has 0 aliphatic carbocycles. The lowest BCUT2D eigenvalue weighted by Gasteiger charge is -2.20. The normalized spacial score (nSPS) is 11.3. The van der Waals surface area contributed by atoms with E-state index < -0.39 is 28.2 Å². The zero-order chi connectivity index (χ0) is 82.6. The molecule has 0 aliphatic rings. The van der Waals surface area contributed by atoms with Crippen molar-refractivity contribution >= 4 is 134 Å². The molecule has 0 amide bonds. The fourth-order valence-electron chi connectivity index (χ4n) is 10.5. The largest absolute Gasteiger partial charge is 0.502 e. The van der Waals surface area contributed by atoms with Gasteiger partial charge < -0.3 is 76.4 Å². The van der Waals surface area contributed by atoms with E-state index in [4.69, 9.17) is 82.9 Å². The third-order valence-corrected chi connectivity index (χ3v) is 18.0. The molecule has 0 saturated carbocycles. The molecule has 11 N–H and O–H groups in total. The minimum Gasteiger partial charge on any atom is -0.502 e. The molecule has 10 rings (SSSR count). The third-order valence-electron chi connectivity index (χ3n) is 15.9. The van der Waals surface area contributed by atoms with E-state index in [9.17, 15) is 40.2 Å². The maximum absolute atomic E-state index is 14.7. The second kappa shape index (κ2) is 33.4. The van der Waals surface area contributed by atoms with Crippen molar-refractivity contribution in [3.05, 3.63) is 81.6 Å². The average molecular weight is 1690 g/mol. The molecule has 0 atom stereocenters. The summed E-state index contributed by atoms with van der Waals surface area (Å²) < 4.78 is 77.3. The van der Waals surface area contributed by atoms with Crippen LogP contribution in [0, 0.1) is 71.9 Å². The molecule has 109 heavy (non-hydrogen) atoms. The van der Waals surface area contributed by atoms with Gasteiger partial charge in [-0.15, -0.1) is 0 Å². The highest BCUT2D eigenvalue weighted by Gasteiger charge is 2.34. The first-order chi connectivity index (χ1) is 50.7. The van der Waals surface area contributed by atoms with Gasteiger partial charge in [0.2, 0.25) is 5.75 Å². The van der Waals surface area contributed by atoms with Crippen LogP contribution in [0.25, 0.3) is 54.5 Å². The smallest absolute Gasteiger partial charge is 0.200 e. The van der Waals surface area contributed by atoms with Crippen LogP contribution in [-0.2, 0) is 27.1 Å². The molecule has 0 spiro atoms. The predicted octanol–water partition coefficient (Wildman–Crippen LogP) is 14.0. The Balaban J connectivity index is 0.000000213. The number of nitrogens with two attached hydrogens (primary N) is 5. The van der Waals surface area contributed by atoms with Crippen LogP contribution in [-0.4, -0.2) is 119 Å². The van der Waals surface area contributed by atoms with E-state index in [1.807, 2.05) is 116 Å². The number of nitrogens with zero attached hydrogens (tertiary/aromatic N) is 15. The molecule has 574 valence electrons. The quantitative estimate of drug-likeness (QED) is 0.0731. The summed E-state index contributed by atoms with van der Waals surface area (Å²) in [4.78, 5) is 43.4. The standard InChI is InChI=1S/C15H17BrN4O2.C15H17ClN4O2.C15H17FN4O2.C15H17IN4O2.C14H15FN4O2/c4*1-15(2,3)14-19-10-8(13(18)20-14)7(6-17)11(21-4)12(22-5)9(10)16;1-14(2,3)13-18-9-7(12(17)19-13)6(5-16)11(21-4)10(20)8(9)15/h4*1-5H3,(H2,18,19,20);20H,1-4H3,(H2,17,18,19). The lowest BCUT2D eigenvalue weighted by Crippen LogP contribution is -2.18. The van der Waals surface area contributed by atoms with Gasteiger partial charge in [-0.05, 0) is 38.5 Å². The number of benzene rings is 5. The van der Waals surface area contributed by atoms with Crippen LogP contribution < -0.4 is 71.3 Å². The molecule has 35 heteroatoms. The summed E-state index contributed by atoms with van der Waals surface area (Å²) >= 11 is 12.0. The molecule has 5 aromatic carbocycles. The number of hydrogen-bond donors (Lipinski definition) is 6. The molecular formula is C74H83BrClF2IN20O10. The highest BCUT2D eigenvalue weighted by Crippen LogP contribution is 2.49. The Bertz CT molecular complexity index is 4970. The molecule has 0 unspecified atom stereocenters. The topological polar surface area (TPSA) is 481 Å². The van der Waals surface area contributed by atoms with Crippen molar-refractivity contribution in [1.29, 1.82) is 26.3 Å². The molecule has 30 nitrogen and oxygen atoms in total. The van der Waals surface area contributed by atoms with E-state index in [1.54, 1.807) is 0 Å². The van der Waals surface area contributed by atoms with Crippen molar-refractivity contribution in [3.63, 3.8) is 0 Å². The molecule has 10 aromatic rings. The van der Waals surface area contributed by atoms with E-state index in [-0.39, 0.29) is 129 Å². The van der Waals surface area contributed by atoms with Gasteiger partial charge in [-0.1, -0.05) is 115 Å². The first-order valence-corrected chi connectivity index (χ1v) is 34.7. The zero-order valence-electron chi connectivity index (χ0n) is 64.6. The molecule has 0 bridgehead atoms. The lowest BCUT2D eigenvalue weighted by molar-refractivity contribution is 0.338. The average Bonchev–Trinajstić information content (AvgIpc) is 0.779. The number of halogens is 5. The molecule has 0 aliphatic heterocycles. The van der Waals surface area contributed by atoms with Gasteiger partial charge >= 0.3 is 0 Å². The minimum atomic E-state index is -0.986. The number of hydrogen-bond acceptors (Lipinski definition) is 30. The van der Waals surface area contributed by atoms with Gasteiger partial charge in [-0.3, -0.25) is 0 Å². The van der Waals surface area contributed by atoms with Gasteiger partial charge in [0.05, 0.1) is 110 Å². The zero-order valence-corrected chi connectivity index (χ0v) is 69.1.